The van der Waals surface area contributed by atoms with Gasteiger partial charge in [-0.25, -0.2) is 4.90 Å². The Bertz CT molecular complexity index is 1360. The van der Waals surface area contributed by atoms with Crippen LogP contribution in [0.1, 0.15) is 24.0 Å². The van der Waals surface area contributed by atoms with Crippen LogP contribution in [0, 0.1) is 55.3 Å². The zero-order chi connectivity index (χ0) is 25.6. The minimum atomic E-state index is -0.596. The van der Waals surface area contributed by atoms with Gasteiger partial charge in [0.2, 0.25) is 17.7 Å². The fourth-order valence-electron chi connectivity index (χ4n) is 7.41. The molecule has 2 aromatic carbocycles. The molecule has 0 N–H and O–H groups in total. The van der Waals surface area contributed by atoms with Gasteiger partial charge in [-0.1, -0.05) is 36.4 Å². The summed E-state index contributed by atoms with van der Waals surface area (Å²) in [5.74, 6) is -0.390. The Morgan fingerprint density at radius 2 is 1.51 bits per heavy atom. The maximum Gasteiger partial charge on any atom is 0.316 e. The smallest absolute Gasteiger partial charge is 0.316 e. The lowest BCUT2D eigenvalue weighted by atomic mass is 9.63. The number of anilines is 2. The monoisotopic (exact) mass is 496 g/mol. The molecule has 3 amide bonds. The van der Waals surface area contributed by atoms with E-state index in [0.29, 0.717) is 17.5 Å². The first-order valence-electron chi connectivity index (χ1n) is 13.1. The molecular weight excluding hydrogens is 468 g/mol. The molecule has 0 spiro atoms. The second-order valence-electron chi connectivity index (χ2n) is 11.2. The van der Waals surface area contributed by atoms with Gasteiger partial charge in [-0.05, 0) is 67.2 Å². The van der Waals surface area contributed by atoms with E-state index in [1.54, 1.807) is 29.2 Å². The number of nitrogens with zero attached hydrogens (tertiary/aromatic N) is 2. The predicted molar refractivity (Wildman–Crippen MR) is 136 cm³/mol. The van der Waals surface area contributed by atoms with Crippen molar-refractivity contribution in [3.05, 3.63) is 65.7 Å². The van der Waals surface area contributed by atoms with E-state index >= 15 is 0 Å². The van der Waals surface area contributed by atoms with Crippen molar-refractivity contribution in [2.24, 2.45) is 41.4 Å². The highest BCUT2D eigenvalue weighted by molar-refractivity contribution is 6.22. The van der Waals surface area contributed by atoms with E-state index in [2.05, 4.69) is 12.2 Å². The summed E-state index contributed by atoms with van der Waals surface area (Å²) < 4.78 is 5.68. The van der Waals surface area contributed by atoms with E-state index < -0.39 is 11.9 Å². The number of hydrogen-bond acceptors (Lipinski definition) is 5. The number of carbonyl (C=O) groups is 4. The summed E-state index contributed by atoms with van der Waals surface area (Å²) in [7, 11) is 0. The van der Waals surface area contributed by atoms with Crippen molar-refractivity contribution < 1.29 is 23.9 Å². The maximum atomic E-state index is 13.4. The summed E-state index contributed by atoms with van der Waals surface area (Å²) in [5.41, 5.74) is 3.24. The molecule has 2 saturated heterocycles. The molecule has 0 unspecified atom stereocenters. The highest BCUT2D eigenvalue weighted by Crippen LogP contribution is 2.65. The Hall–Kier alpha value is -3.74. The van der Waals surface area contributed by atoms with Gasteiger partial charge in [-0.2, -0.15) is 0 Å². The van der Waals surface area contributed by atoms with Crippen molar-refractivity contribution in [2.45, 2.75) is 26.7 Å². The summed E-state index contributed by atoms with van der Waals surface area (Å²) in [6.45, 7) is 4.16. The minimum Gasteiger partial charge on any atom is -0.426 e. The molecule has 0 radical (unpaired) electrons. The van der Waals surface area contributed by atoms with Crippen LogP contribution in [0.25, 0.3) is 0 Å². The molecule has 0 aromatic heterocycles. The van der Waals surface area contributed by atoms with Crippen LogP contribution >= 0.6 is 0 Å². The van der Waals surface area contributed by atoms with Crippen LogP contribution in [0.4, 0.5) is 11.4 Å². The molecule has 37 heavy (non-hydrogen) atoms. The van der Waals surface area contributed by atoms with Crippen molar-refractivity contribution in [3.8, 4) is 5.75 Å². The van der Waals surface area contributed by atoms with Crippen LogP contribution in [0.15, 0.2) is 54.6 Å². The van der Waals surface area contributed by atoms with Crippen LogP contribution in [0.2, 0.25) is 0 Å². The summed E-state index contributed by atoms with van der Waals surface area (Å²) in [4.78, 5) is 55.7. The van der Waals surface area contributed by atoms with Crippen molar-refractivity contribution in [1.29, 1.82) is 0 Å². The quantitative estimate of drug-likeness (QED) is 0.278. The van der Waals surface area contributed by atoms with Crippen molar-refractivity contribution in [2.75, 3.05) is 16.3 Å². The van der Waals surface area contributed by atoms with Gasteiger partial charge in [0.1, 0.15) is 5.75 Å². The molecule has 188 valence electrons. The van der Waals surface area contributed by atoms with Gasteiger partial charge in [0, 0.05) is 24.7 Å². The standard InChI is InChI=1S/C30H28N2O5/c1-15-5-3-6-16(2)27(15)31-14-17(11-24(31)33)30(36)37-19-8-4-7-18(12-19)32-28(34)25-20-9-10-21(23-13-22(20)23)26(25)29(32)35/h3-10,12,17,20-23,25-26H,11,13-14H2,1-2H3/t17-,20+,21+,22-,23+,25-,26+/m1/s1. The fourth-order valence-corrected chi connectivity index (χ4v) is 7.41. The zero-order valence-corrected chi connectivity index (χ0v) is 20.8. The number of rotatable bonds is 4. The molecule has 2 bridgehead atoms. The van der Waals surface area contributed by atoms with Gasteiger partial charge < -0.3 is 9.64 Å². The van der Waals surface area contributed by atoms with Crippen LogP contribution in [0.3, 0.4) is 0 Å². The number of hydrogen-bond donors (Lipinski definition) is 0. The summed E-state index contributed by atoms with van der Waals surface area (Å²) in [6.07, 6.45) is 5.50. The lowest BCUT2D eigenvalue weighted by Gasteiger charge is -2.37. The van der Waals surface area contributed by atoms with Crippen molar-refractivity contribution >= 4 is 35.1 Å². The summed E-state index contributed by atoms with van der Waals surface area (Å²) in [5, 5.41) is 0. The van der Waals surface area contributed by atoms with E-state index in [9.17, 15) is 19.2 Å². The SMILES string of the molecule is Cc1cccc(C)c1N1C[C@H](C(=O)Oc2cccc(N3C(=O)[C@@H]4[C@H]5C=C[C@@H]([C@@H]6C[C@H]56)[C@@H]4C3=O)c2)CC1=O. The molecule has 2 aliphatic heterocycles. The molecule has 7 nitrogen and oxygen atoms in total. The van der Waals surface area contributed by atoms with Gasteiger partial charge in [-0.3, -0.25) is 19.2 Å². The second kappa shape index (κ2) is 7.88. The van der Waals surface area contributed by atoms with E-state index in [1.165, 1.54) is 4.90 Å². The fraction of sp³-hybridized carbons (Fsp3) is 0.400. The number of para-hydroxylation sites is 1. The Balaban J connectivity index is 1.09. The molecule has 8 rings (SSSR count). The first kappa shape index (κ1) is 22.5. The Labute approximate surface area is 215 Å². The third kappa shape index (κ3) is 3.26. The highest BCUT2D eigenvalue weighted by atomic mass is 16.5. The number of esters is 1. The number of benzene rings is 2. The van der Waals surface area contributed by atoms with Gasteiger partial charge in [0.15, 0.2) is 0 Å². The molecule has 2 saturated carbocycles. The zero-order valence-electron chi connectivity index (χ0n) is 20.8. The number of allylic oxidation sites excluding steroid dienone is 2. The molecule has 2 aromatic rings. The van der Waals surface area contributed by atoms with Gasteiger partial charge in [0.25, 0.3) is 0 Å². The van der Waals surface area contributed by atoms with Crippen LogP contribution in [-0.4, -0.2) is 30.2 Å². The Kier molecular flexibility index (Phi) is 4.78. The molecule has 2 heterocycles. The second-order valence-corrected chi connectivity index (χ2v) is 11.2. The van der Waals surface area contributed by atoms with E-state index in [-0.39, 0.29) is 60.1 Å². The molecule has 7 heteroatoms. The van der Waals surface area contributed by atoms with E-state index in [0.717, 1.165) is 23.2 Å². The van der Waals surface area contributed by atoms with Crippen molar-refractivity contribution in [1.82, 2.24) is 0 Å². The predicted octanol–water partition coefficient (Wildman–Crippen LogP) is 3.82. The van der Waals surface area contributed by atoms with Crippen molar-refractivity contribution in [3.63, 3.8) is 0 Å². The van der Waals surface area contributed by atoms with Crippen LogP contribution in [-0.2, 0) is 19.2 Å². The third-order valence-electron chi connectivity index (χ3n) is 9.12. The normalized spacial score (nSPS) is 33.1. The molecule has 4 fully saturated rings. The lowest BCUT2D eigenvalue weighted by molar-refractivity contribution is -0.139. The van der Waals surface area contributed by atoms with Gasteiger partial charge in [-0.15, -0.1) is 0 Å². The number of imide groups is 1. The number of amides is 3. The molecule has 7 atom stereocenters. The number of aryl methyl sites for hydroxylation is 2. The maximum absolute atomic E-state index is 13.4. The first-order chi connectivity index (χ1) is 17.8. The summed E-state index contributed by atoms with van der Waals surface area (Å²) in [6, 6.07) is 12.5. The van der Waals surface area contributed by atoms with Crippen LogP contribution in [0.5, 0.6) is 5.75 Å². The molecule has 4 aliphatic carbocycles. The Morgan fingerprint density at radius 3 is 2.16 bits per heavy atom. The number of carbonyl (C=O) groups excluding carboxylic acids is 4. The minimum absolute atomic E-state index is 0.0802. The Morgan fingerprint density at radius 1 is 0.892 bits per heavy atom. The number of ether oxygens (including phenoxy) is 1. The molecular formula is C30H28N2O5. The van der Waals surface area contributed by atoms with E-state index in [1.807, 2.05) is 32.0 Å². The largest absolute Gasteiger partial charge is 0.426 e. The lowest BCUT2D eigenvalue weighted by Crippen LogP contribution is -2.40. The highest BCUT2D eigenvalue weighted by Gasteiger charge is 2.67. The first-order valence-corrected chi connectivity index (χ1v) is 13.1. The molecule has 6 aliphatic rings. The van der Waals surface area contributed by atoms with Crippen LogP contribution < -0.4 is 14.5 Å². The third-order valence-corrected chi connectivity index (χ3v) is 9.12. The summed E-state index contributed by atoms with van der Waals surface area (Å²) >= 11 is 0. The van der Waals surface area contributed by atoms with E-state index in [4.69, 9.17) is 4.74 Å². The van der Waals surface area contributed by atoms with Gasteiger partial charge in [0.05, 0.1) is 23.4 Å². The topological polar surface area (TPSA) is 84.0 Å². The van der Waals surface area contributed by atoms with Gasteiger partial charge >= 0.3 is 5.97 Å². The average Bonchev–Trinajstić information content (AvgIpc) is 3.56. The average molecular weight is 497 g/mol.